The lowest BCUT2D eigenvalue weighted by atomic mass is 9.48. The van der Waals surface area contributed by atoms with Gasteiger partial charge in [-0.3, -0.25) is 0 Å². The van der Waals surface area contributed by atoms with Gasteiger partial charge in [0.15, 0.2) is 9.84 Å². The van der Waals surface area contributed by atoms with Crippen LogP contribution in [0.25, 0.3) is 0 Å². The number of hydrogen-bond acceptors (Lipinski definition) is 5. The van der Waals surface area contributed by atoms with Gasteiger partial charge < -0.3 is 4.74 Å². The Morgan fingerprint density at radius 3 is 2.12 bits per heavy atom. The third-order valence-corrected chi connectivity index (χ3v) is 12.8. The van der Waals surface area contributed by atoms with E-state index in [1.165, 1.54) is 48.4 Å². The first-order chi connectivity index (χ1) is 15.7. The number of rotatable bonds is 6. The van der Waals surface area contributed by atoms with Crippen LogP contribution in [-0.4, -0.2) is 57.9 Å². The standard InChI is InChI=1S/C25H35NO5S2/c27-32(28)9-7-22(17-32)26(16-23-2-1-8-31-23)33(29,30)24-5-3-21(4-6-24)25-13-18-10-19(14-25)12-20(11-18)15-25/h3-6,18-20,22-23H,1-2,7-17H2/t18?,19?,20?,22-,23-,25?/m0/s1. The molecule has 2 aliphatic heterocycles. The predicted octanol–water partition coefficient (Wildman–Crippen LogP) is 3.51. The molecule has 1 aromatic rings. The van der Waals surface area contributed by atoms with Gasteiger partial charge in [0.1, 0.15) is 0 Å². The Hall–Kier alpha value is -0.960. The predicted molar refractivity (Wildman–Crippen MR) is 126 cm³/mol. The first kappa shape index (κ1) is 22.5. The van der Waals surface area contributed by atoms with E-state index in [0.29, 0.717) is 13.0 Å². The molecule has 4 saturated carbocycles. The number of sulfone groups is 1. The molecule has 2 heterocycles. The van der Waals surface area contributed by atoms with E-state index in [4.69, 9.17) is 4.74 Å². The van der Waals surface area contributed by atoms with Gasteiger partial charge >= 0.3 is 0 Å². The fraction of sp³-hybridized carbons (Fsp3) is 0.760. The quantitative estimate of drug-likeness (QED) is 0.606. The molecular formula is C25H35NO5S2. The molecule has 4 bridgehead atoms. The van der Waals surface area contributed by atoms with Crippen LogP contribution in [-0.2, 0) is 30.0 Å². The summed E-state index contributed by atoms with van der Waals surface area (Å²) in [5.41, 5.74) is 1.53. The maximum absolute atomic E-state index is 13.8. The minimum absolute atomic E-state index is 0.0557. The zero-order valence-electron chi connectivity index (χ0n) is 19.2. The van der Waals surface area contributed by atoms with Gasteiger partial charge in [-0.25, -0.2) is 16.8 Å². The zero-order chi connectivity index (χ0) is 22.8. The van der Waals surface area contributed by atoms with E-state index in [0.717, 1.165) is 30.6 Å². The smallest absolute Gasteiger partial charge is 0.243 e. The molecule has 6 fully saturated rings. The molecule has 6 nitrogen and oxygen atoms in total. The van der Waals surface area contributed by atoms with Gasteiger partial charge in [-0.1, -0.05) is 12.1 Å². The summed E-state index contributed by atoms with van der Waals surface area (Å²) in [5, 5.41) is 0. The van der Waals surface area contributed by atoms with Crippen LogP contribution in [0.2, 0.25) is 0 Å². The van der Waals surface area contributed by atoms with Crippen LogP contribution >= 0.6 is 0 Å². The second-order valence-electron chi connectivity index (χ2n) is 11.5. The Morgan fingerprint density at radius 1 is 0.970 bits per heavy atom. The van der Waals surface area contributed by atoms with E-state index in [2.05, 4.69) is 12.1 Å². The molecule has 182 valence electrons. The van der Waals surface area contributed by atoms with Crippen LogP contribution in [0.1, 0.15) is 63.4 Å². The molecule has 2 atom stereocenters. The molecule has 8 heteroatoms. The van der Waals surface area contributed by atoms with Crippen molar-refractivity contribution < 1.29 is 21.6 Å². The average Bonchev–Trinajstić information content (AvgIpc) is 3.40. The Kier molecular flexibility index (Phi) is 5.48. The van der Waals surface area contributed by atoms with Gasteiger partial charge in [0, 0.05) is 19.2 Å². The minimum atomic E-state index is -3.81. The number of sulfonamides is 1. The maximum Gasteiger partial charge on any atom is 0.243 e. The summed E-state index contributed by atoms with van der Waals surface area (Å²) in [5.74, 6) is 2.48. The van der Waals surface area contributed by atoms with Crippen LogP contribution in [0.15, 0.2) is 29.2 Å². The van der Waals surface area contributed by atoms with Gasteiger partial charge in [0.05, 0.1) is 22.5 Å². The lowest BCUT2D eigenvalue weighted by molar-refractivity contribution is -0.00521. The largest absolute Gasteiger partial charge is 0.377 e. The second kappa shape index (κ2) is 8.04. The van der Waals surface area contributed by atoms with Gasteiger partial charge in [-0.2, -0.15) is 4.31 Å². The highest BCUT2D eigenvalue weighted by Gasteiger charge is 2.51. The van der Waals surface area contributed by atoms with Crippen LogP contribution in [0, 0.1) is 17.8 Å². The number of hydrogen-bond donors (Lipinski definition) is 0. The summed E-state index contributed by atoms with van der Waals surface area (Å²) in [4.78, 5) is 0.276. The molecule has 0 radical (unpaired) electrons. The van der Waals surface area contributed by atoms with Crippen LogP contribution in [0.3, 0.4) is 0 Å². The van der Waals surface area contributed by atoms with Gasteiger partial charge in [0.25, 0.3) is 0 Å². The molecule has 0 amide bonds. The first-order valence-electron chi connectivity index (χ1n) is 12.7. The first-order valence-corrected chi connectivity index (χ1v) is 15.9. The van der Waals surface area contributed by atoms with Crippen LogP contribution in [0.4, 0.5) is 0 Å². The van der Waals surface area contributed by atoms with Crippen molar-refractivity contribution in [1.82, 2.24) is 4.31 Å². The van der Waals surface area contributed by atoms with Gasteiger partial charge in [-0.15, -0.1) is 0 Å². The fourth-order valence-corrected chi connectivity index (χ4v) is 11.5. The van der Waals surface area contributed by atoms with Crippen molar-refractivity contribution in [3.63, 3.8) is 0 Å². The summed E-state index contributed by atoms with van der Waals surface area (Å²) < 4.78 is 59.0. The van der Waals surface area contributed by atoms with Crippen molar-refractivity contribution in [2.24, 2.45) is 17.8 Å². The normalized spacial score (nSPS) is 39.5. The minimum Gasteiger partial charge on any atom is -0.377 e. The van der Waals surface area contributed by atoms with E-state index >= 15 is 0 Å². The molecule has 0 N–H and O–H groups in total. The highest BCUT2D eigenvalue weighted by Crippen LogP contribution is 2.60. The second-order valence-corrected chi connectivity index (χ2v) is 15.6. The molecule has 0 unspecified atom stereocenters. The van der Waals surface area contributed by atoms with Crippen molar-refractivity contribution in [3.8, 4) is 0 Å². The summed E-state index contributed by atoms with van der Waals surface area (Å²) in [6, 6.07) is 7.14. The summed E-state index contributed by atoms with van der Waals surface area (Å²) in [6.07, 6.45) is 9.82. The topological polar surface area (TPSA) is 80.8 Å². The molecule has 0 aromatic heterocycles. The third-order valence-electron chi connectivity index (χ3n) is 9.13. The monoisotopic (exact) mass is 493 g/mol. The lowest BCUT2D eigenvalue weighted by Gasteiger charge is -2.57. The molecule has 0 spiro atoms. The van der Waals surface area contributed by atoms with Crippen LogP contribution < -0.4 is 0 Å². The highest BCUT2D eigenvalue weighted by molar-refractivity contribution is 7.92. The van der Waals surface area contributed by atoms with Crippen molar-refractivity contribution >= 4 is 19.9 Å². The Labute approximate surface area is 198 Å². The average molecular weight is 494 g/mol. The number of benzene rings is 1. The molecule has 1 aromatic carbocycles. The van der Waals surface area contributed by atoms with Crippen molar-refractivity contribution in [2.75, 3.05) is 24.7 Å². The Balaban J connectivity index is 1.28. The van der Waals surface area contributed by atoms with Gasteiger partial charge in [-0.05, 0) is 98.7 Å². The van der Waals surface area contributed by atoms with E-state index in [9.17, 15) is 16.8 Å². The van der Waals surface area contributed by atoms with Gasteiger partial charge in [0.2, 0.25) is 10.0 Å². The van der Waals surface area contributed by atoms with E-state index in [1.54, 1.807) is 12.1 Å². The summed E-state index contributed by atoms with van der Waals surface area (Å²) in [6.45, 7) is 0.876. The molecular weight excluding hydrogens is 458 g/mol. The molecule has 7 rings (SSSR count). The zero-order valence-corrected chi connectivity index (χ0v) is 20.8. The third kappa shape index (κ3) is 4.09. The fourth-order valence-electron chi connectivity index (χ4n) is 8.02. The maximum atomic E-state index is 13.8. The Bertz CT molecular complexity index is 1070. The van der Waals surface area contributed by atoms with Crippen molar-refractivity contribution in [1.29, 1.82) is 0 Å². The highest BCUT2D eigenvalue weighted by atomic mass is 32.2. The molecule has 33 heavy (non-hydrogen) atoms. The number of nitrogens with zero attached hydrogens (tertiary/aromatic N) is 1. The molecule has 6 aliphatic rings. The van der Waals surface area contributed by atoms with E-state index in [1.807, 2.05) is 0 Å². The van der Waals surface area contributed by atoms with Crippen molar-refractivity contribution in [3.05, 3.63) is 29.8 Å². The van der Waals surface area contributed by atoms with Crippen molar-refractivity contribution in [2.45, 2.75) is 80.2 Å². The van der Waals surface area contributed by atoms with E-state index in [-0.39, 0.29) is 34.5 Å². The summed E-state index contributed by atoms with van der Waals surface area (Å²) in [7, 11) is -7.00. The molecule has 4 aliphatic carbocycles. The molecule has 2 saturated heterocycles. The SMILES string of the molecule is O=S1(=O)CC[C@H](N(C[C@@H]2CCCO2)S(=O)(=O)c2ccc(C34CC5CC(CC(C5)C3)C4)cc2)C1. The van der Waals surface area contributed by atoms with Crippen LogP contribution in [0.5, 0.6) is 0 Å². The Morgan fingerprint density at radius 2 is 1.61 bits per heavy atom. The lowest BCUT2D eigenvalue weighted by Crippen LogP contribution is -2.48. The summed E-state index contributed by atoms with van der Waals surface area (Å²) >= 11 is 0. The van der Waals surface area contributed by atoms with E-state index < -0.39 is 25.9 Å². The number of ether oxygens (including phenoxy) is 1.